The Hall–Kier alpha value is -1.13. The number of amides is 1. The molecule has 1 amide bonds. The Morgan fingerprint density at radius 2 is 2.11 bits per heavy atom. The Morgan fingerprint density at radius 1 is 1.42 bits per heavy atom. The molecule has 0 radical (unpaired) electrons. The number of hydrogen-bond acceptors (Lipinski definition) is 2. The molecule has 0 aliphatic carbocycles. The maximum absolute atomic E-state index is 12.2. The molecule has 1 aromatic rings. The van der Waals surface area contributed by atoms with Crippen LogP contribution in [0.4, 0.5) is 4.39 Å². The van der Waals surface area contributed by atoms with Crippen LogP contribution in [0.25, 0.3) is 0 Å². The molecule has 1 fully saturated rings. The van der Waals surface area contributed by atoms with Crippen molar-refractivity contribution in [2.45, 2.75) is 24.9 Å². The second-order valence-electron chi connectivity index (χ2n) is 4.81. The molecular formula is C14H18ClFN2O. The van der Waals surface area contributed by atoms with Crippen LogP contribution in [0.3, 0.4) is 0 Å². The lowest BCUT2D eigenvalue weighted by molar-refractivity contribution is -0.127. The van der Waals surface area contributed by atoms with Gasteiger partial charge in [0, 0.05) is 24.5 Å². The SMILES string of the molecule is CN1C(=O)C[C@@H](NCCCF)[C@@H]1c1ccc(Cl)cc1. The first kappa shape index (κ1) is 14.3. The van der Waals surface area contributed by atoms with E-state index in [9.17, 15) is 9.18 Å². The lowest BCUT2D eigenvalue weighted by Crippen LogP contribution is -2.35. The monoisotopic (exact) mass is 284 g/mol. The van der Waals surface area contributed by atoms with Crippen molar-refractivity contribution >= 4 is 17.5 Å². The minimum atomic E-state index is -0.338. The molecule has 0 aromatic heterocycles. The van der Waals surface area contributed by atoms with Gasteiger partial charge < -0.3 is 10.2 Å². The van der Waals surface area contributed by atoms with Gasteiger partial charge in [0.1, 0.15) is 0 Å². The van der Waals surface area contributed by atoms with E-state index in [1.165, 1.54) is 0 Å². The molecule has 19 heavy (non-hydrogen) atoms. The maximum atomic E-state index is 12.2. The molecule has 2 atom stereocenters. The van der Waals surface area contributed by atoms with Crippen molar-refractivity contribution in [3.8, 4) is 0 Å². The predicted molar refractivity (Wildman–Crippen MR) is 74.0 cm³/mol. The largest absolute Gasteiger partial charge is 0.337 e. The van der Waals surface area contributed by atoms with Crippen molar-refractivity contribution in [1.82, 2.24) is 10.2 Å². The van der Waals surface area contributed by atoms with Crippen molar-refractivity contribution in [1.29, 1.82) is 0 Å². The molecular weight excluding hydrogens is 267 g/mol. The number of nitrogens with one attached hydrogen (secondary N) is 1. The van der Waals surface area contributed by atoms with Gasteiger partial charge in [0.25, 0.3) is 0 Å². The Bertz CT molecular complexity index is 438. The maximum Gasteiger partial charge on any atom is 0.224 e. The summed E-state index contributed by atoms with van der Waals surface area (Å²) in [6.07, 6.45) is 0.928. The van der Waals surface area contributed by atoms with Crippen molar-refractivity contribution in [3.63, 3.8) is 0 Å². The van der Waals surface area contributed by atoms with Crippen LogP contribution in [0.1, 0.15) is 24.4 Å². The first-order valence-corrected chi connectivity index (χ1v) is 6.81. The van der Waals surface area contributed by atoms with Gasteiger partial charge in [-0.1, -0.05) is 23.7 Å². The van der Waals surface area contributed by atoms with Crippen molar-refractivity contribution in [2.24, 2.45) is 0 Å². The molecule has 3 nitrogen and oxygen atoms in total. The van der Waals surface area contributed by atoms with Crippen molar-refractivity contribution in [2.75, 3.05) is 20.3 Å². The van der Waals surface area contributed by atoms with Gasteiger partial charge in [0.2, 0.25) is 5.91 Å². The topological polar surface area (TPSA) is 32.3 Å². The van der Waals surface area contributed by atoms with E-state index in [1.54, 1.807) is 11.9 Å². The molecule has 1 aliphatic rings. The van der Waals surface area contributed by atoms with E-state index in [1.807, 2.05) is 24.3 Å². The summed E-state index contributed by atoms with van der Waals surface area (Å²) in [7, 11) is 1.80. The predicted octanol–water partition coefficient (Wildman–Crippen LogP) is 2.56. The number of benzene rings is 1. The molecule has 104 valence electrons. The van der Waals surface area contributed by atoms with E-state index in [0.29, 0.717) is 24.4 Å². The lowest BCUT2D eigenvalue weighted by atomic mass is 10.00. The third-order valence-electron chi connectivity index (χ3n) is 3.51. The average Bonchev–Trinajstić information content (AvgIpc) is 2.67. The number of likely N-dealkylation sites (tertiary alicyclic amines) is 1. The van der Waals surface area contributed by atoms with Gasteiger partial charge in [-0.15, -0.1) is 0 Å². The summed E-state index contributed by atoms with van der Waals surface area (Å²) in [5.41, 5.74) is 1.05. The zero-order chi connectivity index (χ0) is 13.8. The van der Waals surface area contributed by atoms with Crippen LogP contribution in [-0.2, 0) is 4.79 Å². The number of hydrogen-bond donors (Lipinski definition) is 1. The van der Waals surface area contributed by atoms with E-state index >= 15 is 0 Å². The van der Waals surface area contributed by atoms with E-state index in [0.717, 1.165) is 5.56 Å². The van der Waals surface area contributed by atoms with Crippen molar-refractivity contribution in [3.05, 3.63) is 34.9 Å². The van der Waals surface area contributed by atoms with Gasteiger partial charge in [-0.25, -0.2) is 0 Å². The van der Waals surface area contributed by atoms with Crippen LogP contribution in [0.2, 0.25) is 5.02 Å². The van der Waals surface area contributed by atoms with Crippen LogP contribution in [-0.4, -0.2) is 37.1 Å². The molecule has 0 saturated carbocycles. The molecule has 1 aliphatic heterocycles. The van der Waals surface area contributed by atoms with E-state index in [2.05, 4.69) is 5.32 Å². The number of alkyl halides is 1. The molecule has 0 spiro atoms. The van der Waals surface area contributed by atoms with Gasteiger partial charge >= 0.3 is 0 Å². The minimum Gasteiger partial charge on any atom is -0.337 e. The summed E-state index contributed by atoms with van der Waals surface area (Å²) in [5, 5.41) is 3.95. The lowest BCUT2D eigenvalue weighted by Gasteiger charge is -2.26. The highest BCUT2D eigenvalue weighted by Crippen LogP contribution is 2.32. The van der Waals surface area contributed by atoms with Gasteiger partial charge in [-0.2, -0.15) is 0 Å². The molecule has 5 heteroatoms. The highest BCUT2D eigenvalue weighted by Gasteiger charge is 2.37. The smallest absolute Gasteiger partial charge is 0.224 e. The second-order valence-corrected chi connectivity index (χ2v) is 5.24. The number of likely N-dealkylation sites (N-methyl/N-ethyl adjacent to an activating group) is 1. The van der Waals surface area contributed by atoms with Gasteiger partial charge in [0.05, 0.1) is 12.7 Å². The minimum absolute atomic E-state index is 0.00984. The summed E-state index contributed by atoms with van der Waals surface area (Å²) in [6.45, 7) is 0.251. The number of carbonyl (C=O) groups excluding carboxylic acids is 1. The van der Waals surface area contributed by atoms with Crippen LogP contribution in [0.15, 0.2) is 24.3 Å². The molecule has 0 unspecified atom stereocenters. The summed E-state index contributed by atoms with van der Waals surface area (Å²) in [5.74, 6) is 0.109. The Morgan fingerprint density at radius 3 is 2.74 bits per heavy atom. The average molecular weight is 285 g/mol. The summed E-state index contributed by atoms with van der Waals surface area (Å²) in [4.78, 5) is 13.6. The number of carbonyl (C=O) groups is 1. The van der Waals surface area contributed by atoms with Gasteiger partial charge in [-0.3, -0.25) is 9.18 Å². The molecule has 0 bridgehead atoms. The van der Waals surface area contributed by atoms with Crippen LogP contribution >= 0.6 is 11.6 Å². The third kappa shape index (κ3) is 3.25. The zero-order valence-corrected chi connectivity index (χ0v) is 11.7. The highest BCUT2D eigenvalue weighted by atomic mass is 35.5. The quantitative estimate of drug-likeness (QED) is 0.843. The molecule has 1 aromatic carbocycles. The zero-order valence-electron chi connectivity index (χ0n) is 10.9. The fourth-order valence-corrected chi connectivity index (χ4v) is 2.65. The summed E-state index contributed by atoms with van der Waals surface area (Å²) >= 11 is 5.88. The Balaban J connectivity index is 2.13. The van der Waals surface area contributed by atoms with Crippen LogP contribution < -0.4 is 5.32 Å². The standard InChI is InChI=1S/C14H18ClFN2O/c1-18-13(19)9-12(17-8-2-7-16)14(18)10-3-5-11(15)6-4-10/h3-6,12,14,17H,2,7-9H2,1H3/t12-,14+/m1/s1. The van der Waals surface area contributed by atoms with Gasteiger partial charge in [-0.05, 0) is 30.7 Å². The second kappa shape index (κ2) is 6.35. The fraction of sp³-hybridized carbons (Fsp3) is 0.500. The fourth-order valence-electron chi connectivity index (χ4n) is 2.52. The first-order chi connectivity index (χ1) is 9.13. The molecule has 1 saturated heterocycles. The third-order valence-corrected chi connectivity index (χ3v) is 3.77. The normalized spacial score (nSPS) is 23.1. The highest BCUT2D eigenvalue weighted by molar-refractivity contribution is 6.30. The molecule has 1 N–H and O–H groups in total. The number of halogens is 2. The van der Waals surface area contributed by atoms with Crippen molar-refractivity contribution < 1.29 is 9.18 Å². The summed E-state index contributed by atoms with van der Waals surface area (Å²) in [6, 6.07) is 7.55. The number of nitrogens with zero attached hydrogens (tertiary/aromatic N) is 1. The van der Waals surface area contributed by atoms with E-state index < -0.39 is 0 Å². The molecule has 2 rings (SSSR count). The Labute approximate surface area is 117 Å². The first-order valence-electron chi connectivity index (χ1n) is 6.44. The van der Waals surface area contributed by atoms with Gasteiger partial charge in [0.15, 0.2) is 0 Å². The van der Waals surface area contributed by atoms with Crippen LogP contribution in [0.5, 0.6) is 0 Å². The number of rotatable bonds is 5. The Kier molecular flexibility index (Phi) is 4.77. The van der Waals surface area contributed by atoms with E-state index in [4.69, 9.17) is 11.6 Å². The summed E-state index contributed by atoms with van der Waals surface area (Å²) < 4.78 is 12.2. The molecule has 1 heterocycles. The van der Waals surface area contributed by atoms with Crippen LogP contribution in [0, 0.1) is 0 Å². The van der Waals surface area contributed by atoms with E-state index in [-0.39, 0.29) is 24.7 Å².